The Labute approximate surface area is 144 Å². The Kier molecular flexibility index (Phi) is 4.60. The van der Waals surface area contributed by atoms with Gasteiger partial charge in [0.15, 0.2) is 5.76 Å². The van der Waals surface area contributed by atoms with E-state index in [1.54, 1.807) is 54.5 Å². The van der Waals surface area contributed by atoms with Crippen molar-refractivity contribution in [3.05, 3.63) is 65.9 Å². The molecule has 2 heterocycles. The first-order valence-electron chi connectivity index (χ1n) is 7.61. The molecule has 0 aliphatic rings. The summed E-state index contributed by atoms with van der Waals surface area (Å²) in [7, 11) is 3.20. The Hall–Kier alpha value is -3.42. The molecule has 1 aromatic carbocycles. The molecule has 2 aromatic heterocycles. The maximum absolute atomic E-state index is 12.6. The fourth-order valence-corrected chi connectivity index (χ4v) is 2.36. The minimum Gasteiger partial charge on any atom is -0.454 e. The van der Waals surface area contributed by atoms with E-state index in [2.05, 4.69) is 15.6 Å². The molecule has 25 heavy (non-hydrogen) atoms. The van der Waals surface area contributed by atoms with Gasteiger partial charge in [0.1, 0.15) is 5.76 Å². The van der Waals surface area contributed by atoms with Gasteiger partial charge in [0.25, 0.3) is 11.8 Å². The molecule has 8 nitrogen and oxygen atoms in total. The fourth-order valence-electron chi connectivity index (χ4n) is 2.36. The highest BCUT2D eigenvalue weighted by atomic mass is 16.4. The van der Waals surface area contributed by atoms with E-state index in [9.17, 15) is 9.59 Å². The highest BCUT2D eigenvalue weighted by Crippen LogP contribution is 2.14. The Morgan fingerprint density at radius 1 is 1.28 bits per heavy atom. The smallest absolute Gasteiger partial charge is 0.286 e. The van der Waals surface area contributed by atoms with Gasteiger partial charge in [-0.05, 0) is 30.3 Å². The van der Waals surface area contributed by atoms with Gasteiger partial charge in [-0.2, -0.15) is 0 Å². The van der Waals surface area contributed by atoms with E-state index in [1.165, 1.54) is 11.9 Å². The molecule has 2 amide bonds. The molecule has 0 aliphatic heterocycles. The zero-order valence-electron chi connectivity index (χ0n) is 13.8. The van der Waals surface area contributed by atoms with Crippen LogP contribution in [0.2, 0.25) is 0 Å². The van der Waals surface area contributed by atoms with Gasteiger partial charge >= 0.3 is 0 Å². The molecule has 1 N–H and O–H groups in total. The summed E-state index contributed by atoms with van der Waals surface area (Å²) >= 11 is 0. The van der Waals surface area contributed by atoms with Gasteiger partial charge in [-0.25, -0.2) is 4.68 Å². The second kappa shape index (κ2) is 7.00. The number of furan rings is 1. The third kappa shape index (κ3) is 3.57. The van der Waals surface area contributed by atoms with Crippen LogP contribution in [-0.4, -0.2) is 45.8 Å². The van der Waals surface area contributed by atoms with Crippen molar-refractivity contribution in [3.8, 4) is 5.69 Å². The average Bonchev–Trinajstić information content (AvgIpc) is 3.32. The Balaban J connectivity index is 1.73. The Bertz CT molecular complexity index is 885. The summed E-state index contributed by atoms with van der Waals surface area (Å²) in [4.78, 5) is 25.7. The molecule has 0 spiro atoms. The van der Waals surface area contributed by atoms with E-state index < -0.39 is 0 Å². The molecule has 0 aliphatic carbocycles. The van der Waals surface area contributed by atoms with Crippen LogP contribution in [0.3, 0.4) is 0 Å². The largest absolute Gasteiger partial charge is 0.454 e. The van der Waals surface area contributed by atoms with Crippen molar-refractivity contribution < 1.29 is 14.0 Å². The van der Waals surface area contributed by atoms with Crippen molar-refractivity contribution >= 4 is 11.8 Å². The Morgan fingerprint density at radius 2 is 2.12 bits per heavy atom. The van der Waals surface area contributed by atoms with Crippen LogP contribution >= 0.6 is 0 Å². The van der Waals surface area contributed by atoms with Crippen molar-refractivity contribution in [3.63, 3.8) is 0 Å². The lowest BCUT2D eigenvalue weighted by Gasteiger charge is -2.16. The maximum atomic E-state index is 12.6. The topological polar surface area (TPSA) is 93.3 Å². The highest BCUT2D eigenvalue weighted by Gasteiger charge is 2.16. The van der Waals surface area contributed by atoms with Gasteiger partial charge in [-0.3, -0.25) is 9.59 Å². The third-order valence-electron chi connectivity index (χ3n) is 3.63. The van der Waals surface area contributed by atoms with Gasteiger partial charge in [0, 0.05) is 19.7 Å². The lowest BCUT2D eigenvalue weighted by Crippen LogP contribution is -2.26. The first-order chi connectivity index (χ1) is 12.1. The van der Waals surface area contributed by atoms with E-state index >= 15 is 0 Å². The van der Waals surface area contributed by atoms with E-state index in [0.717, 1.165) is 5.69 Å². The molecule has 3 rings (SSSR count). The third-order valence-corrected chi connectivity index (χ3v) is 3.63. The molecule has 8 heteroatoms. The van der Waals surface area contributed by atoms with Gasteiger partial charge in [0.2, 0.25) is 0 Å². The summed E-state index contributed by atoms with van der Waals surface area (Å²) in [5.74, 6) is 0.272. The molecule has 0 saturated heterocycles. The van der Waals surface area contributed by atoms with Crippen molar-refractivity contribution in [1.29, 1.82) is 0 Å². The van der Waals surface area contributed by atoms with Crippen LogP contribution in [0.5, 0.6) is 0 Å². The van der Waals surface area contributed by atoms with Crippen LogP contribution in [0.15, 0.2) is 53.2 Å². The molecule has 3 aromatic rings. The minimum atomic E-state index is -0.305. The minimum absolute atomic E-state index is 0.167. The number of benzene rings is 1. The van der Waals surface area contributed by atoms with Gasteiger partial charge in [0.05, 0.1) is 24.6 Å². The number of nitrogens with one attached hydrogen (secondary N) is 1. The summed E-state index contributed by atoms with van der Waals surface area (Å²) in [6.07, 6.45) is 3.28. The summed E-state index contributed by atoms with van der Waals surface area (Å²) in [5.41, 5.74) is 1.27. The van der Waals surface area contributed by atoms with Gasteiger partial charge in [-0.1, -0.05) is 11.3 Å². The van der Waals surface area contributed by atoms with E-state index in [0.29, 0.717) is 11.3 Å². The molecule has 0 unspecified atom stereocenters. The highest BCUT2D eigenvalue weighted by molar-refractivity contribution is 5.94. The number of amides is 2. The predicted octanol–water partition coefficient (Wildman–Crippen LogP) is 1.49. The lowest BCUT2D eigenvalue weighted by molar-refractivity contribution is 0.0774. The molecular weight excluding hydrogens is 322 g/mol. The second-order valence-corrected chi connectivity index (χ2v) is 5.40. The van der Waals surface area contributed by atoms with Crippen LogP contribution in [0, 0.1) is 0 Å². The summed E-state index contributed by atoms with van der Waals surface area (Å²) < 4.78 is 7.03. The van der Waals surface area contributed by atoms with E-state index in [4.69, 9.17) is 4.42 Å². The monoisotopic (exact) mass is 339 g/mol. The molecule has 0 bridgehead atoms. The van der Waals surface area contributed by atoms with Crippen LogP contribution in [-0.2, 0) is 6.54 Å². The lowest BCUT2D eigenvalue weighted by atomic mass is 10.1. The first-order valence-corrected chi connectivity index (χ1v) is 7.61. The molecule has 0 fully saturated rings. The standard InChI is InChI=1S/C17H17N5O3/c1-18-16(23)15-7-6-14(25-15)11-21(2)17(24)12-4-3-5-13(10-12)22-9-8-19-20-22/h3-10H,11H2,1-2H3,(H,18,23). The van der Waals surface area contributed by atoms with Crippen molar-refractivity contribution in [2.24, 2.45) is 0 Å². The molecule has 0 atom stereocenters. The van der Waals surface area contributed by atoms with Crippen LogP contribution in [0.1, 0.15) is 26.7 Å². The number of aromatic nitrogens is 3. The van der Waals surface area contributed by atoms with Crippen molar-refractivity contribution in [2.45, 2.75) is 6.54 Å². The quantitative estimate of drug-likeness (QED) is 0.760. The second-order valence-electron chi connectivity index (χ2n) is 5.40. The van der Waals surface area contributed by atoms with Crippen LogP contribution in [0.25, 0.3) is 5.69 Å². The number of hydrogen-bond donors (Lipinski definition) is 1. The van der Waals surface area contributed by atoms with E-state index in [1.807, 2.05) is 6.07 Å². The zero-order chi connectivity index (χ0) is 17.8. The van der Waals surface area contributed by atoms with Crippen molar-refractivity contribution in [1.82, 2.24) is 25.2 Å². The molecular formula is C17H17N5O3. The fraction of sp³-hybridized carbons (Fsp3) is 0.176. The summed E-state index contributed by atoms with van der Waals surface area (Å²) in [6, 6.07) is 10.4. The normalized spacial score (nSPS) is 10.5. The summed E-state index contributed by atoms with van der Waals surface area (Å²) in [5, 5.41) is 10.2. The molecule has 0 radical (unpaired) electrons. The summed E-state index contributed by atoms with van der Waals surface area (Å²) in [6.45, 7) is 0.253. The predicted molar refractivity (Wildman–Crippen MR) is 89.3 cm³/mol. The molecule has 128 valence electrons. The zero-order valence-corrected chi connectivity index (χ0v) is 13.8. The average molecular weight is 339 g/mol. The van der Waals surface area contributed by atoms with Gasteiger partial charge in [-0.15, -0.1) is 5.10 Å². The SMILES string of the molecule is CNC(=O)c1ccc(CN(C)C(=O)c2cccc(-n3ccnn3)c2)o1. The number of carbonyl (C=O) groups is 2. The number of rotatable bonds is 5. The number of hydrogen-bond acceptors (Lipinski definition) is 5. The number of carbonyl (C=O) groups excluding carboxylic acids is 2. The number of nitrogens with zero attached hydrogens (tertiary/aromatic N) is 4. The maximum Gasteiger partial charge on any atom is 0.286 e. The Morgan fingerprint density at radius 3 is 2.84 bits per heavy atom. The van der Waals surface area contributed by atoms with Crippen LogP contribution in [0.4, 0.5) is 0 Å². The van der Waals surface area contributed by atoms with Gasteiger partial charge < -0.3 is 14.6 Å². The molecule has 0 saturated carbocycles. The first kappa shape index (κ1) is 16.4. The van der Waals surface area contributed by atoms with E-state index in [-0.39, 0.29) is 24.1 Å². The van der Waals surface area contributed by atoms with Crippen LogP contribution < -0.4 is 5.32 Å². The van der Waals surface area contributed by atoms with Crippen molar-refractivity contribution in [2.75, 3.05) is 14.1 Å².